The number of hydrogen-bond acceptors (Lipinski definition) is 3. The van der Waals surface area contributed by atoms with Crippen molar-refractivity contribution in [1.29, 1.82) is 0 Å². The molecule has 4 rings (SSSR count). The second-order valence-corrected chi connectivity index (χ2v) is 9.35. The molecular formula is C24H32N2O. The quantitative estimate of drug-likeness (QED) is 0.726. The average Bonchev–Trinajstić information content (AvgIpc) is 3.28. The van der Waals surface area contributed by atoms with Crippen molar-refractivity contribution in [3.05, 3.63) is 53.9 Å². The van der Waals surface area contributed by atoms with Crippen molar-refractivity contribution in [2.24, 2.45) is 11.8 Å². The molecule has 2 aromatic rings. The van der Waals surface area contributed by atoms with Crippen molar-refractivity contribution < 1.29 is 4.74 Å². The predicted octanol–water partition coefficient (Wildman–Crippen LogP) is 5.41. The number of ether oxygens (including phenoxy) is 1. The lowest BCUT2D eigenvalue weighted by Crippen LogP contribution is -2.41. The van der Waals surface area contributed by atoms with Crippen LogP contribution in [0.1, 0.15) is 57.2 Å². The Morgan fingerprint density at radius 3 is 2.52 bits per heavy atom. The van der Waals surface area contributed by atoms with Crippen LogP contribution < -0.4 is 9.64 Å². The Morgan fingerprint density at radius 2 is 1.85 bits per heavy atom. The first-order valence-corrected chi connectivity index (χ1v) is 10.2. The van der Waals surface area contributed by atoms with E-state index in [4.69, 9.17) is 9.72 Å². The van der Waals surface area contributed by atoms with E-state index in [9.17, 15) is 0 Å². The Labute approximate surface area is 163 Å². The standard InChI is InChI=1S/C24H32N2O/c1-24(2,3)18-11-12-21(27-5)20(15-18)26(4)23-17-10-9-16(14-17)22(23)19-8-6-7-13-25-19/h6-8,11-13,15-17,22-23H,9-10,14H2,1-5H3. The largest absolute Gasteiger partial charge is 0.495 e. The first kappa shape index (κ1) is 18.3. The maximum absolute atomic E-state index is 5.76. The van der Waals surface area contributed by atoms with Gasteiger partial charge in [-0.1, -0.05) is 32.9 Å². The van der Waals surface area contributed by atoms with Gasteiger partial charge in [-0.2, -0.15) is 0 Å². The van der Waals surface area contributed by atoms with Gasteiger partial charge >= 0.3 is 0 Å². The number of hydrogen-bond donors (Lipinski definition) is 0. The van der Waals surface area contributed by atoms with Gasteiger partial charge in [0.2, 0.25) is 0 Å². The zero-order chi connectivity index (χ0) is 19.2. The lowest BCUT2D eigenvalue weighted by atomic mass is 9.80. The highest BCUT2D eigenvalue weighted by atomic mass is 16.5. The molecule has 0 saturated heterocycles. The molecule has 1 heterocycles. The molecule has 0 aliphatic heterocycles. The minimum absolute atomic E-state index is 0.122. The fourth-order valence-electron chi connectivity index (χ4n) is 5.40. The van der Waals surface area contributed by atoms with Crippen molar-refractivity contribution in [3.63, 3.8) is 0 Å². The number of likely N-dealkylation sites (N-methyl/N-ethyl adjacent to an activating group) is 1. The van der Waals surface area contributed by atoms with E-state index in [0.717, 1.165) is 17.6 Å². The molecule has 27 heavy (non-hydrogen) atoms. The fourth-order valence-corrected chi connectivity index (χ4v) is 5.40. The highest BCUT2D eigenvalue weighted by molar-refractivity contribution is 5.62. The van der Waals surface area contributed by atoms with Crippen LogP contribution >= 0.6 is 0 Å². The molecule has 2 fully saturated rings. The third-order valence-corrected chi connectivity index (χ3v) is 6.77. The Kier molecular flexibility index (Phi) is 4.65. The van der Waals surface area contributed by atoms with Crippen LogP contribution in [0.25, 0.3) is 0 Å². The Hall–Kier alpha value is -2.03. The summed E-state index contributed by atoms with van der Waals surface area (Å²) in [6.07, 6.45) is 5.95. The van der Waals surface area contributed by atoms with Gasteiger partial charge in [-0.25, -0.2) is 0 Å². The maximum Gasteiger partial charge on any atom is 0.142 e. The molecule has 2 aliphatic carbocycles. The first-order chi connectivity index (χ1) is 12.9. The molecule has 0 radical (unpaired) electrons. The van der Waals surface area contributed by atoms with Gasteiger partial charge in [0.05, 0.1) is 12.8 Å². The van der Waals surface area contributed by atoms with E-state index in [1.807, 2.05) is 12.3 Å². The second-order valence-electron chi connectivity index (χ2n) is 9.35. The molecule has 2 saturated carbocycles. The number of nitrogens with zero attached hydrogens (tertiary/aromatic N) is 2. The summed E-state index contributed by atoms with van der Waals surface area (Å²) in [4.78, 5) is 7.24. The molecule has 0 N–H and O–H groups in total. The van der Waals surface area contributed by atoms with Gasteiger partial charge in [0, 0.05) is 30.9 Å². The molecule has 1 aromatic carbocycles. The second kappa shape index (κ2) is 6.85. The van der Waals surface area contributed by atoms with Crippen LogP contribution in [0, 0.1) is 11.8 Å². The van der Waals surface area contributed by atoms with Crippen LogP contribution in [0.4, 0.5) is 5.69 Å². The smallest absolute Gasteiger partial charge is 0.142 e. The number of benzene rings is 1. The highest BCUT2D eigenvalue weighted by Crippen LogP contribution is 2.55. The summed E-state index contributed by atoms with van der Waals surface area (Å²) in [5.74, 6) is 2.98. The molecule has 1 aromatic heterocycles. The summed E-state index contributed by atoms with van der Waals surface area (Å²) in [6, 6.07) is 13.5. The minimum Gasteiger partial charge on any atom is -0.495 e. The molecule has 2 aliphatic rings. The SMILES string of the molecule is COc1ccc(C(C)(C)C)cc1N(C)C1C2CCC(C2)C1c1ccccn1. The van der Waals surface area contributed by atoms with Crippen LogP contribution in [0.3, 0.4) is 0 Å². The van der Waals surface area contributed by atoms with Crippen LogP contribution in [-0.2, 0) is 5.41 Å². The zero-order valence-corrected chi connectivity index (χ0v) is 17.3. The minimum atomic E-state index is 0.122. The van der Waals surface area contributed by atoms with E-state index < -0.39 is 0 Å². The number of pyridine rings is 1. The summed E-state index contributed by atoms with van der Waals surface area (Å²) in [6.45, 7) is 6.81. The molecule has 2 bridgehead atoms. The molecular weight excluding hydrogens is 332 g/mol. The van der Waals surface area contributed by atoms with E-state index in [1.54, 1.807) is 7.11 Å². The summed E-state index contributed by atoms with van der Waals surface area (Å²) >= 11 is 0. The lowest BCUT2D eigenvalue weighted by molar-refractivity contribution is 0.346. The van der Waals surface area contributed by atoms with E-state index >= 15 is 0 Å². The van der Waals surface area contributed by atoms with Gasteiger partial charge in [-0.3, -0.25) is 4.98 Å². The maximum atomic E-state index is 5.76. The summed E-state index contributed by atoms with van der Waals surface area (Å²) in [7, 11) is 4.03. The molecule has 3 nitrogen and oxygen atoms in total. The number of aromatic nitrogens is 1. The van der Waals surface area contributed by atoms with Crippen LogP contribution in [0.2, 0.25) is 0 Å². The van der Waals surface area contributed by atoms with E-state index in [-0.39, 0.29) is 5.41 Å². The van der Waals surface area contributed by atoms with Crippen LogP contribution in [0.15, 0.2) is 42.6 Å². The van der Waals surface area contributed by atoms with Gasteiger partial charge in [-0.15, -0.1) is 0 Å². The van der Waals surface area contributed by atoms with Crippen molar-refractivity contribution >= 4 is 5.69 Å². The van der Waals surface area contributed by atoms with Crippen LogP contribution in [0.5, 0.6) is 5.75 Å². The van der Waals surface area contributed by atoms with Gasteiger partial charge in [-0.05, 0) is 66.3 Å². The van der Waals surface area contributed by atoms with Crippen molar-refractivity contribution in [3.8, 4) is 5.75 Å². The fraction of sp³-hybridized carbons (Fsp3) is 0.542. The first-order valence-electron chi connectivity index (χ1n) is 10.2. The summed E-state index contributed by atoms with van der Waals surface area (Å²) < 4.78 is 5.76. The monoisotopic (exact) mass is 364 g/mol. The normalized spacial score (nSPS) is 27.0. The molecule has 0 spiro atoms. The van der Waals surface area contributed by atoms with E-state index in [1.165, 1.54) is 36.2 Å². The van der Waals surface area contributed by atoms with Crippen LogP contribution in [-0.4, -0.2) is 25.2 Å². The molecule has 144 valence electrons. The van der Waals surface area contributed by atoms with Gasteiger partial charge in [0.15, 0.2) is 0 Å². The Morgan fingerprint density at radius 1 is 1.07 bits per heavy atom. The molecule has 4 unspecified atom stereocenters. The Balaban J connectivity index is 1.74. The lowest BCUT2D eigenvalue weighted by Gasteiger charge is -2.39. The summed E-state index contributed by atoms with van der Waals surface area (Å²) in [5.41, 5.74) is 3.94. The molecule has 0 amide bonds. The Bertz CT molecular complexity index is 796. The van der Waals surface area contributed by atoms with Crippen molar-refractivity contribution in [1.82, 2.24) is 4.98 Å². The van der Waals surface area contributed by atoms with Crippen molar-refractivity contribution in [2.45, 2.75) is 57.4 Å². The number of anilines is 1. The van der Waals surface area contributed by atoms with E-state index in [2.05, 4.69) is 63.1 Å². The highest BCUT2D eigenvalue weighted by Gasteiger charge is 2.50. The van der Waals surface area contributed by atoms with Crippen molar-refractivity contribution in [2.75, 3.05) is 19.1 Å². The zero-order valence-electron chi connectivity index (χ0n) is 17.3. The third kappa shape index (κ3) is 3.22. The number of rotatable bonds is 4. The number of methoxy groups -OCH3 is 1. The average molecular weight is 365 g/mol. The van der Waals surface area contributed by atoms with Gasteiger partial charge < -0.3 is 9.64 Å². The van der Waals surface area contributed by atoms with Gasteiger partial charge in [0.1, 0.15) is 5.75 Å². The van der Waals surface area contributed by atoms with Gasteiger partial charge in [0.25, 0.3) is 0 Å². The molecule has 3 heteroatoms. The predicted molar refractivity (Wildman–Crippen MR) is 112 cm³/mol. The summed E-state index contributed by atoms with van der Waals surface area (Å²) in [5, 5.41) is 0. The topological polar surface area (TPSA) is 25.4 Å². The van der Waals surface area contributed by atoms with E-state index in [0.29, 0.717) is 12.0 Å². The number of fused-ring (bicyclic) bond motifs is 2. The third-order valence-electron chi connectivity index (χ3n) is 6.77. The molecule has 4 atom stereocenters.